The van der Waals surface area contributed by atoms with Crippen molar-refractivity contribution >= 4 is 5.97 Å². The van der Waals surface area contributed by atoms with Crippen LogP contribution in [0.15, 0.2) is 12.1 Å². The lowest BCUT2D eigenvalue weighted by atomic mass is 10.3. The molecular weight excluding hydrogens is 211 g/mol. The zero-order valence-corrected chi connectivity index (χ0v) is 7.84. The highest BCUT2D eigenvalue weighted by molar-refractivity contribution is 5.87. The fourth-order valence-electron chi connectivity index (χ4n) is 0.921. The lowest BCUT2D eigenvalue weighted by Gasteiger charge is -2.04. The molecule has 0 amide bonds. The van der Waals surface area contributed by atoms with E-state index in [1.807, 2.05) is 0 Å². The molecule has 1 heterocycles. The molecule has 0 saturated heterocycles. The average Bonchev–Trinajstić information content (AvgIpc) is 2.18. The average molecular weight is 219 g/mol. The van der Waals surface area contributed by atoms with E-state index < -0.39 is 29.6 Å². The Kier molecular flexibility index (Phi) is 3.65. The molecule has 1 rings (SSSR count). The van der Waals surface area contributed by atoms with Crippen molar-refractivity contribution in [3.63, 3.8) is 0 Å². The Bertz CT molecular complexity index is 368. The van der Waals surface area contributed by atoms with Crippen LogP contribution in [-0.4, -0.2) is 17.6 Å². The molecule has 0 N–H and O–H groups in total. The molecule has 0 fully saturated rings. The maximum absolute atomic E-state index is 13.0. The molecule has 0 spiro atoms. The lowest BCUT2D eigenvalue weighted by Crippen LogP contribution is -2.11. The van der Waals surface area contributed by atoms with E-state index in [0.717, 1.165) is 12.1 Å². The van der Waals surface area contributed by atoms with E-state index in [1.54, 1.807) is 0 Å². The van der Waals surface area contributed by atoms with Crippen molar-refractivity contribution in [3.8, 4) is 0 Å². The number of nitrogens with zero attached hydrogens (tertiary/aromatic N) is 1. The molecule has 0 radical (unpaired) electrons. The highest BCUT2D eigenvalue weighted by atomic mass is 19.3. The monoisotopic (exact) mass is 219 g/mol. The molecule has 15 heavy (non-hydrogen) atoms. The predicted octanol–water partition coefficient (Wildman–Crippen LogP) is 2.33. The number of ether oxygens (including phenoxy) is 1. The molecule has 0 aliphatic rings. The zero-order valence-electron chi connectivity index (χ0n) is 7.84. The summed E-state index contributed by atoms with van der Waals surface area (Å²) in [7, 11) is 0. The first-order valence-corrected chi connectivity index (χ1v) is 4.18. The maximum Gasteiger partial charge on any atom is 0.360 e. The zero-order chi connectivity index (χ0) is 11.4. The highest BCUT2D eigenvalue weighted by Crippen LogP contribution is 2.18. The van der Waals surface area contributed by atoms with Gasteiger partial charge in [0, 0.05) is 0 Å². The van der Waals surface area contributed by atoms with Gasteiger partial charge >= 0.3 is 5.97 Å². The van der Waals surface area contributed by atoms with Gasteiger partial charge in [-0.05, 0) is 19.1 Å². The van der Waals surface area contributed by atoms with Crippen LogP contribution in [0.4, 0.5) is 13.2 Å². The van der Waals surface area contributed by atoms with Gasteiger partial charge in [-0.15, -0.1) is 0 Å². The molecule has 0 saturated carbocycles. The SMILES string of the molecule is CCOC(=O)c1nc(C(F)F)ccc1F. The van der Waals surface area contributed by atoms with Gasteiger partial charge in [-0.1, -0.05) is 0 Å². The summed E-state index contributed by atoms with van der Waals surface area (Å²) in [6.45, 7) is 1.55. The molecule has 82 valence electrons. The molecule has 0 unspecified atom stereocenters. The molecule has 6 heteroatoms. The summed E-state index contributed by atoms with van der Waals surface area (Å²) in [6, 6.07) is 1.59. The van der Waals surface area contributed by atoms with Crippen LogP contribution in [0, 0.1) is 5.82 Å². The van der Waals surface area contributed by atoms with E-state index in [2.05, 4.69) is 9.72 Å². The third-order valence-electron chi connectivity index (χ3n) is 1.56. The summed E-state index contributed by atoms with van der Waals surface area (Å²) >= 11 is 0. The largest absolute Gasteiger partial charge is 0.461 e. The van der Waals surface area contributed by atoms with Crippen molar-refractivity contribution in [2.45, 2.75) is 13.3 Å². The van der Waals surface area contributed by atoms with Gasteiger partial charge in [-0.3, -0.25) is 0 Å². The smallest absolute Gasteiger partial charge is 0.360 e. The van der Waals surface area contributed by atoms with Crippen molar-refractivity contribution in [2.24, 2.45) is 0 Å². The van der Waals surface area contributed by atoms with Crippen LogP contribution in [0.5, 0.6) is 0 Å². The molecule has 0 aliphatic heterocycles. The third kappa shape index (κ3) is 2.68. The van der Waals surface area contributed by atoms with Gasteiger partial charge in [0.1, 0.15) is 5.69 Å². The number of rotatable bonds is 3. The van der Waals surface area contributed by atoms with Crippen LogP contribution in [0.25, 0.3) is 0 Å². The number of pyridine rings is 1. The quantitative estimate of drug-likeness (QED) is 0.732. The number of halogens is 3. The number of carbonyl (C=O) groups is 1. The van der Waals surface area contributed by atoms with E-state index in [1.165, 1.54) is 6.92 Å². The second-order valence-electron chi connectivity index (χ2n) is 2.59. The first kappa shape index (κ1) is 11.5. The Balaban J connectivity index is 3.05. The Morgan fingerprint density at radius 3 is 2.73 bits per heavy atom. The second-order valence-corrected chi connectivity index (χ2v) is 2.59. The number of carbonyl (C=O) groups excluding carboxylic acids is 1. The minimum atomic E-state index is -2.85. The van der Waals surface area contributed by atoms with Crippen LogP contribution in [0.3, 0.4) is 0 Å². The van der Waals surface area contributed by atoms with Gasteiger partial charge in [-0.2, -0.15) is 0 Å². The van der Waals surface area contributed by atoms with E-state index in [-0.39, 0.29) is 6.61 Å². The fraction of sp³-hybridized carbons (Fsp3) is 0.333. The molecular formula is C9H8F3NO2. The minimum Gasteiger partial charge on any atom is -0.461 e. The number of hydrogen-bond donors (Lipinski definition) is 0. The summed E-state index contributed by atoms with van der Waals surface area (Å²) < 4.78 is 41.8. The van der Waals surface area contributed by atoms with Crippen LogP contribution >= 0.6 is 0 Å². The lowest BCUT2D eigenvalue weighted by molar-refractivity contribution is 0.0512. The molecule has 0 bridgehead atoms. The molecule has 1 aromatic rings. The van der Waals surface area contributed by atoms with Crippen molar-refractivity contribution in [2.75, 3.05) is 6.61 Å². The van der Waals surface area contributed by atoms with Crippen molar-refractivity contribution < 1.29 is 22.7 Å². The number of hydrogen-bond acceptors (Lipinski definition) is 3. The first-order valence-electron chi connectivity index (χ1n) is 4.18. The number of aromatic nitrogens is 1. The maximum atomic E-state index is 13.0. The summed E-state index contributed by atoms with van der Waals surface area (Å²) in [5, 5.41) is 0. The minimum absolute atomic E-state index is 0.0266. The van der Waals surface area contributed by atoms with Gasteiger partial charge in [0.05, 0.1) is 6.61 Å². The van der Waals surface area contributed by atoms with Crippen molar-refractivity contribution in [1.29, 1.82) is 0 Å². The molecule has 1 aromatic heterocycles. The molecule has 0 aliphatic carbocycles. The second kappa shape index (κ2) is 4.77. The van der Waals surface area contributed by atoms with E-state index in [4.69, 9.17) is 0 Å². The normalized spacial score (nSPS) is 10.5. The van der Waals surface area contributed by atoms with Crippen molar-refractivity contribution in [1.82, 2.24) is 4.98 Å². The van der Waals surface area contributed by atoms with Crippen LogP contribution in [-0.2, 0) is 4.74 Å². The standard InChI is InChI=1S/C9H8F3NO2/c1-2-15-9(14)7-5(10)3-4-6(13-7)8(11)12/h3-4,8H,2H2,1H3. The van der Waals surface area contributed by atoms with Gasteiger partial charge in [0.25, 0.3) is 6.43 Å². The Morgan fingerprint density at radius 2 is 2.20 bits per heavy atom. The Labute approximate surface area is 83.9 Å². The van der Waals surface area contributed by atoms with Gasteiger partial charge in [-0.25, -0.2) is 22.9 Å². The topological polar surface area (TPSA) is 39.2 Å². The summed E-state index contributed by atoms with van der Waals surface area (Å²) in [5.41, 5.74) is -1.37. The Hall–Kier alpha value is -1.59. The van der Waals surface area contributed by atoms with Crippen LogP contribution in [0.1, 0.15) is 29.5 Å². The van der Waals surface area contributed by atoms with E-state index in [9.17, 15) is 18.0 Å². The Morgan fingerprint density at radius 1 is 1.53 bits per heavy atom. The molecule has 0 atom stereocenters. The highest BCUT2D eigenvalue weighted by Gasteiger charge is 2.18. The number of alkyl halides is 2. The van der Waals surface area contributed by atoms with Gasteiger partial charge in [0.2, 0.25) is 0 Å². The van der Waals surface area contributed by atoms with E-state index in [0.29, 0.717) is 0 Å². The number of esters is 1. The van der Waals surface area contributed by atoms with Gasteiger partial charge < -0.3 is 4.74 Å². The predicted molar refractivity (Wildman–Crippen MR) is 45.1 cm³/mol. The van der Waals surface area contributed by atoms with Gasteiger partial charge in [0.15, 0.2) is 11.5 Å². The summed E-state index contributed by atoms with van der Waals surface area (Å²) in [6.07, 6.45) is -2.85. The summed E-state index contributed by atoms with van der Waals surface area (Å²) in [4.78, 5) is 14.3. The third-order valence-corrected chi connectivity index (χ3v) is 1.56. The first-order chi connectivity index (χ1) is 7.06. The molecule has 0 aromatic carbocycles. The van der Waals surface area contributed by atoms with Crippen LogP contribution in [0.2, 0.25) is 0 Å². The fourth-order valence-corrected chi connectivity index (χ4v) is 0.921. The molecule has 3 nitrogen and oxygen atoms in total. The van der Waals surface area contributed by atoms with Crippen LogP contribution < -0.4 is 0 Å². The van der Waals surface area contributed by atoms with E-state index >= 15 is 0 Å². The summed E-state index contributed by atoms with van der Waals surface area (Å²) in [5.74, 6) is -2.02. The van der Waals surface area contributed by atoms with Crippen molar-refractivity contribution in [3.05, 3.63) is 29.3 Å².